The smallest absolute Gasteiger partial charge is 0.270 e. The number of ether oxygens (including phenoxy) is 1. The van der Waals surface area contributed by atoms with Crippen LogP contribution < -0.4 is 11.0 Å². The molecule has 2 N–H and O–H groups in total. The van der Waals surface area contributed by atoms with Gasteiger partial charge in [0, 0.05) is 24.2 Å². The summed E-state index contributed by atoms with van der Waals surface area (Å²) >= 11 is 0. The summed E-state index contributed by atoms with van der Waals surface area (Å²) in [4.78, 5) is 33.4. The molecule has 2 heterocycles. The molecule has 1 aliphatic rings. The molecule has 1 amide bonds. The number of hydrogen-bond acceptors (Lipinski definition) is 7. The number of benzene rings is 2. The lowest BCUT2D eigenvalue weighted by Crippen LogP contribution is -2.40. The van der Waals surface area contributed by atoms with Crippen molar-refractivity contribution in [1.82, 2.24) is 14.9 Å². The second-order valence-corrected chi connectivity index (χ2v) is 7.01. The van der Waals surface area contributed by atoms with Gasteiger partial charge in [0.2, 0.25) is 5.95 Å². The van der Waals surface area contributed by atoms with E-state index >= 15 is 0 Å². The average Bonchev–Trinajstić information content (AvgIpc) is 2.85. The van der Waals surface area contributed by atoms with Crippen LogP contribution in [0, 0.1) is 11.3 Å². The molecule has 9 heteroatoms. The van der Waals surface area contributed by atoms with E-state index in [-0.39, 0.29) is 23.1 Å². The Morgan fingerprint density at radius 3 is 2.56 bits per heavy atom. The first-order chi connectivity index (χ1) is 15.7. The number of carbonyl (C=O) groups is 1. The SMILES string of the molecule is N#Cc1c(-c2ccccc2)nc(NN=Cc2ccc(C(=O)N3CCOCC3)cc2)[nH]c1=O. The molecule has 32 heavy (non-hydrogen) atoms. The van der Waals surface area contributed by atoms with E-state index in [1.807, 2.05) is 12.1 Å². The standard InChI is InChI=1S/C23H20N6O3/c24-14-19-20(17-4-2-1-3-5-17)26-23(27-21(19)30)28-25-15-16-6-8-18(9-7-16)22(31)29-10-12-32-13-11-29/h1-9,15H,10-13H2,(H2,26,27,28,30). The minimum atomic E-state index is -0.551. The topological polar surface area (TPSA) is 123 Å². The van der Waals surface area contributed by atoms with Crippen LogP contribution in [-0.4, -0.2) is 53.3 Å². The number of anilines is 1. The second-order valence-electron chi connectivity index (χ2n) is 7.01. The predicted octanol–water partition coefficient (Wildman–Crippen LogP) is 2.23. The summed E-state index contributed by atoms with van der Waals surface area (Å²) in [6.07, 6.45) is 1.55. The van der Waals surface area contributed by atoms with E-state index in [0.717, 1.165) is 5.56 Å². The van der Waals surface area contributed by atoms with Crippen LogP contribution in [0.4, 0.5) is 5.95 Å². The molecule has 9 nitrogen and oxygen atoms in total. The lowest BCUT2D eigenvalue weighted by Gasteiger charge is -2.26. The van der Waals surface area contributed by atoms with E-state index in [9.17, 15) is 14.9 Å². The van der Waals surface area contributed by atoms with Crippen LogP contribution in [0.3, 0.4) is 0 Å². The summed E-state index contributed by atoms with van der Waals surface area (Å²) in [5, 5.41) is 13.4. The Kier molecular flexibility index (Phi) is 6.34. The first-order valence-electron chi connectivity index (χ1n) is 10.0. The van der Waals surface area contributed by atoms with E-state index in [2.05, 4.69) is 20.5 Å². The van der Waals surface area contributed by atoms with Crippen LogP contribution in [0.5, 0.6) is 0 Å². The van der Waals surface area contributed by atoms with Crippen molar-refractivity contribution in [3.63, 3.8) is 0 Å². The number of carbonyl (C=O) groups excluding carboxylic acids is 1. The Bertz CT molecular complexity index is 1220. The van der Waals surface area contributed by atoms with Gasteiger partial charge in [0.1, 0.15) is 11.6 Å². The molecule has 0 unspecified atom stereocenters. The number of amides is 1. The van der Waals surface area contributed by atoms with E-state index in [0.29, 0.717) is 37.4 Å². The Morgan fingerprint density at radius 1 is 1.16 bits per heavy atom. The number of morpholine rings is 1. The van der Waals surface area contributed by atoms with Crippen molar-refractivity contribution in [3.05, 3.63) is 81.6 Å². The molecule has 0 atom stereocenters. The lowest BCUT2D eigenvalue weighted by atomic mass is 10.1. The van der Waals surface area contributed by atoms with Gasteiger partial charge in [-0.25, -0.2) is 10.4 Å². The molecule has 2 aromatic carbocycles. The number of nitrogens with zero attached hydrogens (tertiary/aromatic N) is 4. The first kappa shape index (κ1) is 21.0. The van der Waals surface area contributed by atoms with Crippen LogP contribution in [0.1, 0.15) is 21.5 Å². The van der Waals surface area contributed by atoms with Gasteiger partial charge in [0.25, 0.3) is 11.5 Å². The molecule has 160 valence electrons. The van der Waals surface area contributed by atoms with Crippen molar-refractivity contribution in [2.45, 2.75) is 0 Å². The number of nitrogens with one attached hydrogen (secondary N) is 2. The largest absolute Gasteiger partial charge is 0.378 e. The average molecular weight is 428 g/mol. The molecular formula is C23H20N6O3. The van der Waals surface area contributed by atoms with Crippen LogP contribution in [0.2, 0.25) is 0 Å². The number of hydrazone groups is 1. The van der Waals surface area contributed by atoms with Crippen LogP contribution in [-0.2, 0) is 4.74 Å². The zero-order valence-electron chi connectivity index (χ0n) is 17.1. The minimum Gasteiger partial charge on any atom is -0.378 e. The van der Waals surface area contributed by atoms with Gasteiger partial charge in [-0.3, -0.25) is 14.6 Å². The zero-order chi connectivity index (χ0) is 22.3. The molecule has 0 aliphatic carbocycles. The highest BCUT2D eigenvalue weighted by Crippen LogP contribution is 2.19. The van der Waals surface area contributed by atoms with Crippen molar-refractivity contribution in [2.75, 3.05) is 31.7 Å². The number of nitriles is 1. The Balaban J connectivity index is 1.47. The molecule has 3 aromatic rings. The highest BCUT2D eigenvalue weighted by atomic mass is 16.5. The molecule has 1 fully saturated rings. The summed E-state index contributed by atoms with van der Waals surface area (Å²) in [6, 6.07) is 17.9. The van der Waals surface area contributed by atoms with Crippen molar-refractivity contribution < 1.29 is 9.53 Å². The molecule has 0 saturated carbocycles. The zero-order valence-corrected chi connectivity index (χ0v) is 17.1. The highest BCUT2D eigenvalue weighted by molar-refractivity contribution is 5.95. The molecular weight excluding hydrogens is 408 g/mol. The number of hydrogen-bond donors (Lipinski definition) is 2. The van der Waals surface area contributed by atoms with Crippen LogP contribution >= 0.6 is 0 Å². The Morgan fingerprint density at radius 2 is 1.88 bits per heavy atom. The van der Waals surface area contributed by atoms with Gasteiger partial charge < -0.3 is 9.64 Å². The third-order valence-electron chi connectivity index (χ3n) is 4.92. The van der Waals surface area contributed by atoms with Crippen LogP contribution in [0.25, 0.3) is 11.3 Å². The fourth-order valence-electron chi connectivity index (χ4n) is 3.26. The summed E-state index contributed by atoms with van der Waals surface area (Å²) in [6.45, 7) is 2.29. The van der Waals surface area contributed by atoms with Crippen molar-refractivity contribution >= 4 is 18.1 Å². The van der Waals surface area contributed by atoms with Gasteiger partial charge in [-0.05, 0) is 17.7 Å². The van der Waals surface area contributed by atoms with E-state index < -0.39 is 5.56 Å². The van der Waals surface area contributed by atoms with Crippen LogP contribution in [0.15, 0.2) is 64.5 Å². The normalized spacial score (nSPS) is 13.7. The minimum absolute atomic E-state index is 0.0253. The van der Waals surface area contributed by atoms with E-state index in [1.165, 1.54) is 0 Å². The predicted molar refractivity (Wildman–Crippen MR) is 119 cm³/mol. The van der Waals surface area contributed by atoms with E-state index in [4.69, 9.17) is 4.74 Å². The molecule has 1 saturated heterocycles. The summed E-state index contributed by atoms with van der Waals surface area (Å²) in [5.41, 5.74) is 4.37. The maximum absolute atomic E-state index is 12.5. The van der Waals surface area contributed by atoms with Gasteiger partial charge in [-0.2, -0.15) is 10.4 Å². The first-order valence-corrected chi connectivity index (χ1v) is 10.0. The number of H-pyrrole nitrogens is 1. The Hall–Kier alpha value is -4.29. The summed E-state index contributed by atoms with van der Waals surface area (Å²) in [5.74, 6) is 0.0888. The molecule has 4 rings (SSSR count). The van der Waals surface area contributed by atoms with Gasteiger partial charge in [-0.1, -0.05) is 42.5 Å². The molecule has 1 aromatic heterocycles. The lowest BCUT2D eigenvalue weighted by molar-refractivity contribution is 0.0303. The van der Waals surface area contributed by atoms with Gasteiger partial charge >= 0.3 is 0 Å². The maximum atomic E-state index is 12.5. The Labute approximate surface area is 184 Å². The number of aromatic amines is 1. The summed E-state index contributed by atoms with van der Waals surface area (Å²) in [7, 11) is 0. The van der Waals surface area contributed by atoms with Gasteiger partial charge in [-0.15, -0.1) is 0 Å². The summed E-state index contributed by atoms with van der Waals surface area (Å²) < 4.78 is 5.28. The van der Waals surface area contributed by atoms with Gasteiger partial charge in [0.05, 0.1) is 25.1 Å². The second kappa shape index (κ2) is 9.68. The molecule has 0 bridgehead atoms. The van der Waals surface area contributed by atoms with Crippen molar-refractivity contribution in [1.29, 1.82) is 5.26 Å². The quantitative estimate of drug-likeness (QED) is 0.474. The molecule has 0 spiro atoms. The number of aromatic nitrogens is 2. The molecule has 0 radical (unpaired) electrons. The highest BCUT2D eigenvalue weighted by Gasteiger charge is 2.18. The fraction of sp³-hybridized carbons (Fsp3) is 0.174. The van der Waals surface area contributed by atoms with Crippen molar-refractivity contribution in [3.8, 4) is 17.3 Å². The third-order valence-corrected chi connectivity index (χ3v) is 4.92. The monoisotopic (exact) mass is 428 g/mol. The molecule has 1 aliphatic heterocycles. The fourth-order valence-corrected chi connectivity index (χ4v) is 3.26. The number of rotatable bonds is 5. The maximum Gasteiger partial charge on any atom is 0.270 e. The third kappa shape index (κ3) is 4.71. The van der Waals surface area contributed by atoms with Crippen molar-refractivity contribution in [2.24, 2.45) is 5.10 Å². The van der Waals surface area contributed by atoms with E-state index in [1.54, 1.807) is 59.6 Å². The van der Waals surface area contributed by atoms with Gasteiger partial charge in [0.15, 0.2) is 0 Å².